The SMILES string of the molecule is N[C@@H](CC1CCCCC1)C(=O)N[C@@H](CS)C(=O)O. The Hall–Kier alpha value is -0.750. The number of hydrogen-bond donors (Lipinski definition) is 4. The molecule has 18 heavy (non-hydrogen) atoms. The van der Waals surface area contributed by atoms with Crippen molar-refractivity contribution in [3.63, 3.8) is 0 Å². The molecule has 1 rings (SSSR count). The fourth-order valence-corrected chi connectivity index (χ4v) is 2.60. The molecule has 0 aromatic rings. The molecule has 2 atom stereocenters. The second kappa shape index (κ2) is 7.63. The highest BCUT2D eigenvalue weighted by atomic mass is 32.1. The van der Waals surface area contributed by atoms with Gasteiger partial charge in [0, 0.05) is 5.75 Å². The molecule has 1 amide bonds. The van der Waals surface area contributed by atoms with Crippen molar-refractivity contribution < 1.29 is 14.7 Å². The van der Waals surface area contributed by atoms with E-state index in [-0.39, 0.29) is 11.7 Å². The predicted molar refractivity (Wildman–Crippen MR) is 72.6 cm³/mol. The summed E-state index contributed by atoms with van der Waals surface area (Å²) >= 11 is 3.89. The van der Waals surface area contributed by atoms with Gasteiger partial charge in [-0.25, -0.2) is 4.79 Å². The molecule has 0 unspecified atom stereocenters. The van der Waals surface area contributed by atoms with Gasteiger partial charge in [-0.1, -0.05) is 32.1 Å². The van der Waals surface area contributed by atoms with Crippen molar-refractivity contribution in [2.75, 3.05) is 5.75 Å². The number of hydrogen-bond acceptors (Lipinski definition) is 4. The maximum Gasteiger partial charge on any atom is 0.327 e. The van der Waals surface area contributed by atoms with Crippen molar-refractivity contribution in [3.8, 4) is 0 Å². The molecular formula is C12H22N2O3S. The Morgan fingerprint density at radius 3 is 2.44 bits per heavy atom. The molecule has 0 aromatic heterocycles. The number of carbonyl (C=O) groups excluding carboxylic acids is 1. The summed E-state index contributed by atoms with van der Waals surface area (Å²) in [6.07, 6.45) is 6.55. The summed E-state index contributed by atoms with van der Waals surface area (Å²) in [6, 6.07) is -1.58. The van der Waals surface area contributed by atoms with Gasteiger partial charge in [-0.2, -0.15) is 12.6 Å². The molecule has 1 fully saturated rings. The maximum absolute atomic E-state index is 11.8. The molecular weight excluding hydrogens is 252 g/mol. The fraction of sp³-hybridized carbons (Fsp3) is 0.833. The van der Waals surface area contributed by atoms with Gasteiger partial charge in [0.2, 0.25) is 5.91 Å². The Morgan fingerprint density at radius 2 is 1.94 bits per heavy atom. The summed E-state index contributed by atoms with van der Waals surface area (Å²) in [5, 5.41) is 11.2. The Labute approximate surface area is 113 Å². The zero-order chi connectivity index (χ0) is 13.5. The third-order valence-corrected chi connectivity index (χ3v) is 3.81. The number of carboxylic acid groups (broad SMARTS) is 1. The van der Waals surface area contributed by atoms with Gasteiger partial charge in [-0.3, -0.25) is 4.79 Å². The Bertz CT molecular complexity index is 293. The topological polar surface area (TPSA) is 92.4 Å². The average Bonchev–Trinajstić information content (AvgIpc) is 2.36. The van der Waals surface area contributed by atoms with Crippen LogP contribution in [-0.2, 0) is 9.59 Å². The number of nitrogens with two attached hydrogens (primary N) is 1. The highest BCUT2D eigenvalue weighted by Gasteiger charge is 2.24. The van der Waals surface area contributed by atoms with Crippen LogP contribution in [0.5, 0.6) is 0 Å². The van der Waals surface area contributed by atoms with E-state index >= 15 is 0 Å². The van der Waals surface area contributed by atoms with Crippen molar-refractivity contribution >= 4 is 24.5 Å². The number of rotatable bonds is 6. The standard InChI is InChI=1S/C12H22N2O3S/c13-9(6-8-4-2-1-3-5-8)11(15)14-10(7-18)12(16)17/h8-10,18H,1-7,13H2,(H,14,15)(H,16,17)/t9-,10-/m0/s1. The Balaban J connectivity index is 2.37. The predicted octanol–water partition coefficient (Wildman–Crippen LogP) is 0.783. The molecule has 1 aliphatic carbocycles. The smallest absolute Gasteiger partial charge is 0.327 e. The van der Waals surface area contributed by atoms with Crippen molar-refractivity contribution in [3.05, 3.63) is 0 Å². The van der Waals surface area contributed by atoms with Crippen molar-refractivity contribution in [2.45, 2.75) is 50.6 Å². The van der Waals surface area contributed by atoms with E-state index in [2.05, 4.69) is 17.9 Å². The normalized spacial score (nSPS) is 20.1. The second-order valence-electron chi connectivity index (χ2n) is 4.93. The quantitative estimate of drug-likeness (QED) is 0.539. The van der Waals surface area contributed by atoms with Crippen LogP contribution in [0.2, 0.25) is 0 Å². The molecule has 0 spiro atoms. The maximum atomic E-state index is 11.8. The van der Waals surface area contributed by atoms with E-state index in [0.717, 1.165) is 12.8 Å². The molecule has 0 radical (unpaired) electrons. The summed E-state index contributed by atoms with van der Waals surface area (Å²) in [6.45, 7) is 0. The van der Waals surface area contributed by atoms with Crippen LogP contribution in [0.1, 0.15) is 38.5 Å². The van der Waals surface area contributed by atoms with E-state index in [1.54, 1.807) is 0 Å². The van der Waals surface area contributed by atoms with Crippen LogP contribution in [0, 0.1) is 5.92 Å². The van der Waals surface area contributed by atoms with E-state index in [0.29, 0.717) is 12.3 Å². The van der Waals surface area contributed by atoms with Crippen molar-refractivity contribution in [1.82, 2.24) is 5.32 Å². The number of carboxylic acids is 1. The molecule has 0 heterocycles. The first kappa shape index (κ1) is 15.3. The van der Waals surface area contributed by atoms with Gasteiger partial charge in [0.25, 0.3) is 0 Å². The lowest BCUT2D eigenvalue weighted by molar-refractivity contribution is -0.141. The second-order valence-corrected chi connectivity index (χ2v) is 5.29. The summed E-state index contributed by atoms with van der Waals surface area (Å²) in [7, 11) is 0. The van der Waals surface area contributed by atoms with Crippen LogP contribution in [0.3, 0.4) is 0 Å². The first-order valence-corrected chi connectivity index (χ1v) is 7.07. The van der Waals surface area contributed by atoms with E-state index in [9.17, 15) is 9.59 Å². The van der Waals surface area contributed by atoms with Crippen LogP contribution in [0.4, 0.5) is 0 Å². The summed E-state index contributed by atoms with van der Waals surface area (Å²) < 4.78 is 0. The molecule has 104 valence electrons. The number of carbonyl (C=O) groups is 2. The minimum Gasteiger partial charge on any atom is -0.480 e. The minimum absolute atomic E-state index is 0.0667. The largest absolute Gasteiger partial charge is 0.480 e. The lowest BCUT2D eigenvalue weighted by atomic mass is 9.85. The van der Waals surface area contributed by atoms with Crippen molar-refractivity contribution in [2.24, 2.45) is 11.7 Å². The number of aliphatic carboxylic acids is 1. The van der Waals surface area contributed by atoms with E-state index in [1.807, 2.05) is 0 Å². The zero-order valence-electron chi connectivity index (χ0n) is 10.5. The van der Waals surface area contributed by atoms with Gasteiger partial charge in [0.05, 0.1) is 6.04 Å². The third kappa shape index (κ3) is 4.86. The number of nitrogens with one attached hydrogen (secondary N) is 1. The van der Waals surface area contributed by atoms with E-state index in [1.165, 1.54) is 19.3 Å². The molecule has 1 aliphatic rings. The van der Waals surface area contributed by atoms with Gasteiger partial charge in [-0.05, 0) is 12.3 Å². The minimum atomic E-state index is -1.08. The summed E-state index contributed by atoms with van der Waals surface area (Å²) in [5.41, 5.74) is 5.82. The first-order valence-electron chi connectivity index (χ1n) is 6.44. The van der Waals surface area contributed by atoms with Crippen molar-refractivity contribution in [1.29, 1.82) is 0 Å². The lowest BCUT2D eigenvalue weighted by Crippen LogP contribution is -2.49. The molecule has 0 saturated heterocycles. The molecule has 6 heteroatoms. The third-order valence-electron chi connectivity index (χ3n) is 3.45. The Morgan fingerprint density at radius 1 is 1.33 bits per heavy atom. The van der Waals surface area contributed by atoms with Crippen LogP contribution in [0.15, 0.2) is 0 Å². The zero-order valence-corrected chi connectivity index (χ0v) is 11.4. The van der Waals surface area contributed by atoms with Crippen LogP contribution in [-0.4, -0.2) is 34.8 Å². The van der Waals surface area contributed by atoms with E-state index < -0.39 is 18.1 Å². The molecule has 4 N–H and O–H groups in total. The highest BCUT2D eigenvalue weighted by molar-refractivity contribution is 7.80. The number of amides is 1. The summed E-state index contributed by atoms with van der Waals surface area (Å²) in [5.74, 6) is -0.902. The van der Waals surface area contributed by atoms with Crippen LogP contribution in [0.25, 0.3) is 0 Å². The highest BCUT2D eigenvalue weighted by Crippen LogP contribution is 2.26. The van der Waals surface area contributed by atoms with Gasteiger partial charge in [0.1, 0.15) is 6.04 Å². The van der Waals surface area contributed by atoms with Crippen LogP contribution < -0.4 is 11.1 Å². The summed E-state index contributed by atoms with van der Waals surface area (Å²) in [4.78, 5) is 22.5. The molecule has 0 aromatic carbocycles. The van der Waals surface area contributed by atoms with Gasteiger partial charge >= 0.3 is 5.97 Å². The average molecular weight is 274 g/mol. The molecule has 0 bridgehead atoms. The molecule has 5 nitrogen and oxygen atoms in total. The lowest BCUT2D eigenvalue weighted by Gasteiger charge is -2.24. The first-order chi connectivity index (χ1) is 8.54. The fourth-order valence-electron chi connectivity index (χ4n) is 2.35. The molecule has 0 aliphatic heterocycles. The monoisotopic (exact) mass is 274 g/mol. The van der Waals surface area contributed by atoms with Gasteiger partial charge in [0.15, 0.2) is 0 Å². The van der Waals surface area contributed by atoms with Crippen LogP contribution >= 0.6 is 12.6 Å². The number of thiol groups is 1. The van der Waals surface area contributed by atoms with Gasteiger partial charge < -0.3 is 16.2 Å². The Kier molecular flexibility index (Phi) is 6.49. The van der Waals surface area contributed by atoms with Gasteiger partial charge in [-0.15, -0.1) is 0 Å². The van der Waals surface area contributed by atoms with E-state index in [4.69, 9.17) is 10.8 Å². The molecule has 1 saturated carbocycles.